The first-order valence-corrected chi connectivity index (χ1v) is 16.0. The van der Waals surface area contributed by atoms with Crippen LogP contribution in [0.4, 0.5) is 4.39 Å². The molecule has 0 saturated heterocycles. The van der Waals surface area contributed by atoms with Gasteiger partial charge in [0.2, 0.25) is 0 Å². The highest BCUT2D eigenvalue weighted by molar-refractivity contribution is 7.09. The molecule has 4 nitrogen and oxygen atoms in total. The van der Waals surface area contributed by atoms with Crippen molar-refractivity contribution in [1.29, 1.82) is 0 Å². The topological polar surface area (TPSA) is 45.2 Å². The lowest BCUT2D eigenvalue weighted by Crippen LogP contribution is -2.26. The molecular weight excluding hydrogens is 566 g/mol. The third-order valence-electron chi connectivity index (χ3n) is 7.81. The molecule has 0 aliphatic carbocycles. The Labute approximate surface area is 264 Å². The molecule has 0 aliphatic rings. The summed E-state index contributed by atoms with van der Waals surface area (Å²) in [6, 6.07) is 36.2. The number of nitrogens with zero attached hydrogens (tertiary/aromatic N) is 2. The third-order valence-corrected chi connectivity index (χ3v) is 8.64. The van der Waals surface area contributed by atoms with Gasteiger partial charge in [0.05, 0.1) is 6.54 Å². The fraction of sp³-hybridized carbons (Fsp3) is 0.263. The normalized spacial score (nSPS) is 11.7. The zero-order chi connectivity index (χ0) is 30.9. The molecule has 0 radical (unpaired) electrons. The number of amides is 1. The number of hydrogen-bond acceptors (Lipinski definition) is 4. The molecular formula is C38H40FN3OS. The summed E-state index contributed by atoms with van der Waals surface area (Å²) in [4.78, 5) is 20.1. The molecule has 1 aromatic heterocycles. The van der Waals surface area contributed by atoms with E-state index in [0.29, 0.717) is 31.9 Å². The van der Waals surface area contributed by atoms with Gasteiger partial charge in [-0.15, -0.1) is 11.3 Å². The van der Waals surface area contributed by atoms with Gasteiger partial charge in [0, 0.05) is 30.9 Å². The first kappa shape index (κ1) is 31.3. The average Bonchev–Trinajstić information content (AvgIpc) is 3.50. The van der Waals surface area contributed by atoms with Crippen molar-refractivity contribution in [3.8, 4) is 0 Å². The lowest BCUT2D eigenvalue weighted by Gasteiger charge is -2.23. The summed E-state index contributed by atoms with van der Waals surface area (Å²) < 4.78 is 13.6. The van der Waals surface area contributed by atoms with E-state index in [1.54, 1.807) is 0 Å². The van der Waals surface area contributed by atoms with E-state index < -0.39 is 0 Å². The highest BCUT2D eigenvalue weighted by Gasteiger charge is 2.18. The van der Waals surface area contributed by atoms with E-state index in [0.717, 1.165) is 17.0 Å². The Morgan fingerprint density at radius 3 is 1.89 bits per heavy atom. The maximum Gasteiger partial charge on any atom is 0.270 e. The summed E-state index contributed by atoms with van der Waals surface area (Å²) in [5.41, 5.74) is 6.52. The lowest BCUT2D eigenvalue weighted by molar-refractivity contribution is 0.0948. The SMILES string of the molecule is CC(C)(C)c1ccc(CN(Cc2ccc(F)cc2)Cc2nc(C(=O)NCCC(c3ccccc3)c3ccccc3)cs2)cc1. The highest BCUT2D eigenvalue weighted by Crippen LogP contribution is 2.28. The maximum atomic E-state index is 13.6. The number of carbonyl (C=O) groups excluding carboxylic acids is 1. The van der Waals surface area contributed by atoms with Crippen molar-refractivity contribution in [1.82, 2.24) is 15.2 Å². The first-order valence-electron chi connectivity index (χ1n) is 15.1. The van der Waals surface area contributed by atoms with Crippen LogP contribution in [0.2, 0.25) is 0 Å². The zero-order valence-corrected chi connectivity index (χ0v) is 26.5. The van der Waals surface area contributed by atoms with Crippen molar-refractivity contribution in [2.75, 3.05) is 6.54 Å². The molecule has 0 atom stereocenters. The monoisotopic (exact) mass is 605 g/mol. The summed E-state index contributed by atoms with van der Waals surface area (Å²) in [5, 5.41) is 5.80. The molecule has 4 aromatic carbocycles. The molecule has 0 aliphatic heterocycles. The van der Waals surface area contributed by atoms with Gasteiger partial charge in [-0.1, -0.05) is 118 Å². The minimum Gasteiger partial charge on any atom is -0.351 e. The molecule has 1 N–H and O–H groups in total. The van der Waals surface area contributed by atoms with Crippen LogP contribution in [0.15, 0.2) is 115 Å². The van der Waals surface area contributed by atoms with Crippen molar-refractivity contribution in [3.63, 3.8) is 0 Å². The molecule has 226 valence electrons. The van der Waals surface area contributed by atoms with Crippen molar-refractivity contribution in [2.24, 2.45) is 0 Å². The van der Waals surface area contributed by atoms with E-state index in [2.05, 4.69) is 104 Å². The fourth-order valence-electron chi connectivity index (χ4n) is 5.38. The predicted octanol–water partition coefficient (Wildman–Crippen LogP) is 8.73. The number of aromatic nitrogens is 1. The van der Waals surface area contributed by atoms with Gasteiger partial charge in [0.1, 0.15) is 16.5 Å². The summed E-state index contributed by atoms with van der Waals surface area (Å²) in [6.45, 7) is 9.12. The molecule has 1 amide bonds. The summed E-state index contributed by atoms with van der Waals surface area (Å²) in [7, 11) is 0. The smallest absolute Gasteiger partial charge is 0.270 e. The second-order valence-corrected chi connectivity index (χ2v) is 13.2. The van der Waals surface area contributed by atoms with Crippen LogP contribution in [0.3, 0.4) is 0 Å². The van der Waals surface area contributed by atoms with Gasteiger partial charge in [0.15, 0.2) is 0 Å². The minimum atomic E-state index is -0.243. The molecule has 0 saturated carbocycles. The van der Waals surface area contributed by atoms with Gasteiger partial charge in [-0.05, 0) is 51.8 Å². The van der Waals surface area contributed by atoms with Crippen molar-refractivity contribution in [2.45, 2.75) is 58.2 Å². The Bertz CT molecular complexity index is 1570. The molecule has 5 aromatic rings. The number of rotatable bonds is 12. The average molecular weight is 606 g/mol. The number of benzene rings is 4. The molecule has 0 unspecified atom stereocenters. The van der Waals surface area contributed by atoms with E-state index >= 15 is 0 Å². The van der Waals surface area contributed by atoms with Gasteiger partial charge in [-0.25, -0.2) is 9.37 Å². The van der Waals surface area contributed by atoms with Crippen LogP contribution in [0.1, 0.15) is 76.4 Å². The Hall–Kier alpha value is -4.13. The maximum absolute atomic E-state index is 13.6. The second kappa shape index (κ2) is 14.6. The largest absolute Gasteiger partial charge is 0.351 e. The van der Waals surface area contributed by atoms with Gasteiger partial charge in [-0.2, -0.15) is 0 Å². The van der Waals surface area contributed by atoms with E-state index in [4.69, 9.17) is 4.98 Å². The molecule has 44 heavy (non-hydrogen) atoms. The number of nitrogens with one attached hydrogen (secondary N) is 1. The summed E-state index contributed by atoms with van der Waals surface area (Å²) >= 11 is 1.50. The quantitative estimate of drug-likeness (QED) is 0.155. The van der Waals surface area contributed by atoms with E-state index in [9.17, 15) is 9.18 Å². The third kappa shape index (κ3) is 8.71. The highest BCUT2D eigenvalue weighted by atomic mass is 32.1. The Balaban J connectivity index is 1.23. The van der Waals surface area contributed by atoms with E-state index in [-0.39, 0.29) is 23.1 Å². The Morgan fingerprint density at radius 1 is 0.795 bits per heavy atom. The van der Waals surface area contributed by atoms with Crippen LogP contribution in [-0.2, 0) is 25.0 Å². The van der Waals surface area contributed by atoms with E-state index in [1.165, 1.54) is 45.7 Å². The van der Waals surface area contributed by atoms with Crippen LogP contribution in [0.5, 0.6) is 0 Å². The molecule has 0 spiro atoms. The number of thiazole rings is 1. The van der Waals surface area contributed by atoms with Crippen molar-refractivity contribution in [3.05, 3.63) is 159 Å². The second-order valence-electron chi connectivity index (χ2n) is 12.3. The van der Waals surface area contributed by atoms with Crippen molar-refractivity contribution >= 4 is 17.2 Å². The number of hydrogen-bond donors (Lipinski definition) is 1. The molecule has 5 rings (SSSR count). The van der Waals surface area contributed by atoms with Crippen LogP contribution >= 0.6 is 11.3 Å². The number of carbonyl (C=O) groups is 1. The molecule has 0 fully saturated rings. The van der Waals surface area contributed by atoms with Crippen molar-refractivity contribution < 1.29 is 9.18 Å². The first-order chi connectivity index (χ1) is 21.2. The molecule has 0 bridgehead atoms. The molecule has 6 heteroatoms. The zero-order valence-electron chi connectivity index (χ0n) is 25.7. The Morgan fingerprint density at radius 2 is 1.34 bits per heavy atom. The van der Waals surface area contributed by atoms with Crippen LogP contribution in [0, 0.1) is 5.82 Å². The number of halogens is 1. The van der Waals surface area contributed by atoms with Gasteiger partial charge in [-0.3, -0.25) is 9.69 Å². The summed E-state index contributed by atoms with van der Waals surface area (Å²) in [6.07, 6.45) is 0.788. The van der Waals surface area contributed by atoms with Gasteiger partial charge in [0.25, 0.3) is 5.91 Å². The fourth-order valence-corrected chi connectivity index (χ4v) is 6.20. The lowest BCUT2D eigenvalue weighted by atomic mass is 9.87. The van der Waals surface area contributed by atoms with Gasteiger partial charge < -0.3 is 5.32 Å². The predicted molar refractivity (Wildman–Crippen MR) is 178 cm³/mol. The van der Waals surface area contributed by atoms with Gasteiger partial charge >= 0.3 is 0 Å². The van der Waals surface area contributed by atoms with Crippen LogP contribution < -0.4 is 5.32 Å². The van der Waals surface area contributed by atoms with Crippen LogP contribution in [-0.4, -0.2) is 22.3 Å². The molecule has 1 heterocycles. The Kier molecular flexibility index (Phi) is 10.4. The van der Waals surface area contributed by atoms with Crippen LogP contribution in [0.25, 0.3) is 0 Å². The minimum absolute atomic E-state index is 0.0915. The van der Waals surface area contributed by atoms with E-state index in [1.807, 2.05) is 29.6 Å². The summed E-state index contributed by atoms with van der Waals surface area (Å²) in [5.74, 6) is -0.205. The standard InChI is InChI=1S/C38H40FN3OS/c1-38(2,3)32-18-14-28(15-19-32)24-42(25-29-16-20-33(39)21-17-29)26-36-41-35(27-44-36)37(43)40-23-22-34(30-10-6-4-7-11-30)31-12-8-5-9-13-31/h4-21,27,34H,22-26H2,1-3H3,(H,40,43).